The fraction of sp³-hybridized carbons (Fsp3) is 0.474. The van der Waals surface area contributed by atoms with Gasteiger partial charge in [0.1, 0.15) is 10.8 Å². The molecule has 27 heavy (non-hydrogen) atoms. The van der Waals surface area contributed by atoms with Crippen molar-refractivity contribution in [3.8, 4) is 10.6 Å². The molecular formula is C19H27Cl2N3O2S. The predicted molar refractivity (Wildman–Crippen MR) is 116 cm³/mol. The summed E-state index contributed by atoms with van der Waals surface area (Å²) in [5.41, 5.74) is 0.889. The van der Waals surface area contributed by atoms with Crippen LogP contribution < -0.4 is 10.6 Å². The van der Waals surface area contributed by atoms with Crippen LogP contribution in [0.15, 0.2) is 23.6 Å². The van der Waals surface area contributed by atoms with Crippen LogP contribution in [0.4, 0.5) is 5.82 Å². The van der Waals surface area contributed by atoms with Crippen molar-refractivity contribution in [1.29, 1.82) is 0 Å². The standard InChI is InChI=1S/C15H15Cl2N3OS.C2H6O.C2H6/c16-11-2-1-10(6-12(11)17)15-20-13(8-22-15)19-14(21)5-9-3-4-18-7-9;1-2-3;1-2/h1-2,6,8-9,18H,3-5,7H2,(H,19,21);3H,2H2,1H3;1-2H3. The molecule has 1 aromatic carbocycles. The molecule has 150 valence electrons. The summed E-state index contributed by atoms with van der Waals surface area (Å²) in [4.78, 5) is 16.4. The number of hydrogen-bond acceptors (Lipinski definition) is 5. The summed E-state index contributed by atoms with van der Waals surface area (Å²) in [6.45, 7) is 7.84. The number of carbonyl (C=O) groups excluding carboxylic acids is 1. The van der Waals surface area contributed by atoms with Crippen molar-refractivity contribution in [2.75, 3.05) is 25.0 Å². The molecule has 3 N–H and O–H groups in total. The van der Waals surface area contributed by atoms with Gasteiger partial charge >= 0.3 is 0 Å². The molecule has 2 aromatic rings. The van der Waals surface area contributed by atoms with Gasteiger partial charge in [0.15, 0.2) is 0 Å². The molecule has 1 unspecified atom stereocenters. The zero-order chi connectivity index (χ0) is 20.2. The van der Waals surface area contributed by atoms with Gasteiger partial charge in [-0.25, -0.2) is 4.98 Å². The Labute approximate surface area is 175 Å². The van der Waals surface area contributed by atoms with E-state index in [0.717, 1.165) is 30.1 Å². The normalized spacial score (nSPS) is 15.3. The first-order valence-corrected chi connectivity index (χ1v) is 10.7. The molecule has 8 heteroatoms. The second kappa shape index (κ2) is 13.1. The number of anilines is 1. The molecule has 1 aromatic heterocycles. The molecule has 1 saturated heterocycles. The zero-order valence-corrected chi connectivity index (χ0v) is 18.2. The number of nitrogens with zero attached hydrogens (tertiary/aromatic N) is 1. The minimum Gasteiger partial charge on any atom is -0.397 e. The lowest BCUT2D eigenvalue weighted by atomic mass is 10.1. The summed E-state index contributed by atoms with van der Waals surface area (Å²) in [5.74, 6) is 1.02. The van der Waals surface area contributed by atoms with E-state index in [2.05, 4.69) is 15.6 Å². The van der Waals surface area contributed by atoms with Crippen molar-refractivity contribution in [2.45, 2.75) is 33.6 Å². The number of carbonyl (C=O) groups is 1. The van der Waals surface area contributed by atoms with Crippen LogP contribution >= 0.6 is 34.5 Å². The molecule has 0 spiro atoms. The van der Waals surface area contributed by atoms with Crippen molar-refractivity contribution in [3.63, 3.8) is 0 Å². The molecule has 0 saturated carbocycles. The molecule has 1 amide bonds. The molecule has 1 atom stereocenters. The number of halogens is 2. The summed E-state index contributed by atoms with van der Waals surface area (Å²) in [6.07, 6.45) is 1.59. The van der Waals surface area contributed by atoms with Crippen LogP contribution in [0.2, 0.25) is 10.0 Å². The highest BCUT2D eigenvalue weighted by molar-refractivity contribution is 7.13. The van der Waals surface area contributed by atoms with E-state index in [1.54, 1.807) is 19.1 Å². The SMILES string of the molecule is CC.CCO.O=C(CC1CCNC1)Nc1csc(-c2ccc(Cl)c(Cl)c2)n1. The highest BCUT2D eigenvalue weighted by atomic mass is 35.5. The number of aromatic nitrogens is 1. The van der Waals surface area contributed by atoms with E-state index in [4.69, 9.17) is 28.3 Å². The first-order valence-electron chi connectivity index (χ1n) is 9.05. The fourth-order valence-corrected chi connectivity index (χ4v) is 3.48. The van der Waals surface area contributed by atoms with Crippen LogP contribution in [-0.2, 0) is 4.79 Å². The van der Waals surface area contributed by atoms with Crippen LogP contribution in [0, 0.1) is 5.92 Å². The van der Waals surface area contributed by atoms with Crippen LogP contribution in [0.5, 0.6) is 0 Å². The molecule has 0 aliphatic carbocycles. The second-order valence-corrected chi connectivity index (χ2v) is 7.27. The monoisotopic (exact) mass is 431 g/mol. The summed E-state index contributed by atoms with van der Waals surface area (Å²) in [7, 11) is 0. The van der Waals surface area contributed by atoms with E-state index >= 15 is 0 Å². The van der Waals surface area contributed by atoms with E-state index in [1.165, 1.54) is 11.3 Å². The highest BCUT2D eigenvalue weighted by Crippen LogP contribution is 2.31. The maximum Gasteiger partial charge on any atom is 0.225 e. The number of rotatable bonds is 4. The minimum absolute atomic E-state index is 0.0136. The third kappa shape index (κ3) is 8.15. The lowest BCUT2D eigenvalue weighted by Gasteiger charge is -2.07. The molecular weight excluding hydrogens is 405 g/mol. The predicted octanol–water partition coefficient (Wildman–Crippen LogP) is 5.08. The Morgan fingerprint density at radius 1 is 1.37 bits per heavy atom. The average molecular weight is 432 g/mol. The van der Waals surface area contributed by atoms with Gasteiger partial charge in [0.2, 0.25) is 5.91 Å². The van der Waals surface area contributed by atoms with Crippen molar-refractivity contribution in [2.24, 2.45) is 5.92 Å². The van der Waals surface area contributed by atoms with Gasteiger partial charge < -0.3 is 15.7 Å². The molecule has 1 aliphatic rings. The van der Waals surface area contributed by atoms with Crippen LogP contribution in [0.25, 0.3) is 10.6 Å². The van der Waals surface area contributed by atoms with Gasteiger partial charge in [-0.1, -0.05) is 43.1 Å². The van der Waals surface area contributed by atoms with Crippen LogP contribution in [-0.4, -0.2) is 35.7 Å². The largest absolute Gasteiger partial charge is 0.397 e. The van der Waals surface area contributed by atoms with Gasteiger partial charge in [-0.15, -0.1) is 11.3 Å². The van der Waals surface area contributed by atoms with Crippen LogP contribution in [0.3, 0.4) is 0 Å². The number of benzene rings is 1. The fourth-order valence-electron chi connectivity index (χ4n) is 2.44. The molecule has 0 radical (unpaired) electrons. The third-order valence-corrected chi connectivity index (χ3v) is 5.21. The molecule has 2 heterocycles. The molecule has 1 fully saturated rings. The third-order valence-electron chi connectivity index (χ3n) is 3.57. The smallest absolute Gasteiger partial charge is 0.225 e. The Bertz CT molecular complexity index is 704. The maximum absolute atomic E-state index is 12.0. The summed E-state index contributed by atoms with van der Waals surface area (Å²) in [6, 6.07) is 5.38. The van der Waals surface area contributed by atoms with Gasteiger partial charge in [-0.05, 0) is 44.5 Å². The van der Waals surface area contributed by atoms with Crippen molar-refractivity contribution < 1.29 is 9.90 Å². The Morgan fingerprint density at radius 2 is 2.07 bits per heavy atom. The first-order chi connectivity index (χ1) is 13.0. The Balaban J connectivity index is 0.000000665. The summed E-state index contributed by atoms with van der Waals surface area (Å²) < 4.78 is 0. The zero-order valence-electron chi connectivity index (χ0n) is 15.9. The Morgan fingerprint density at radius 3 is 2.67 bits per heavy atom. The molecule has 1 aliphatic heterocycles. The van der Waals surface area contributed by atoms with E-state index in [0.29, 0.717) is 28.2 Å². The van der Waals surface area contributed by atoms with Crippen LogP contribution in [0.1, 0.15) is 33.6 Å². The van der Waals surface area contributed by atoms with E-state index in [9.17, 15) is 4.79 Å². The number of thiazole rings is 1. The lowest BCUT2D eigenvalue weighted by molar-refractivity contribution is -0.117. The van der Waals surface area contributed by atoms with Gasteiger partial charge in [0.05, 0.1) is 10.0 Å². The van der Waals surface area contributed by atoms with Crippen molar-refractivity contribution >= 4 is 46.3 Å². The highest BCUT2D eigenvalue weighted by Gasteiger charge is 2.18. The van der Waals surface area contributed by atoms with E-state index in [1.807, 2.05) is 25.3 Å². The molecule has 5 nitrogen and oxygen atoms in total. The van der Waals surface area contributed by atoms with E-state index < -0.39 is 0 Å². The van der Waals surface area contributed by atoms with E-state index in [-0.39, 0.29) is 12.5 Å². The lowest BCUT2D eigenvalue weighted by Crippen LogP contribution is -2.18. The average Bonchev–Trinajstić information content (AvgIpc) is 3.32. The number of aliphatic hydroxyl groups is 1. The van der Waals surface area contributed by atoms with Crippen molar-refractivity contribution in [1.82, 2.24) is 10.3 Å². The van der Waals surface area contributed by atoms with Gasteiger partial charge in [0, 0.05) is 24.0 Å². The van der Waals surface area contributed by atoms with Gasteiger partial charge in [-0.3, -0.25) is 4.79 Å². The molecule has 0 bridgehead atoms. The number of aliphatic hydroxyl groups excluding tert-OH is 1. The van der Waals surface area contributed by atoms with Crippen molar-refractivity contribution in [3.05, 3.63) is 33.6 Å². The topological polar surface area (TPSA) is 74.2 Å². The summed E-state index contributed by atoms with van der Waals surface area (Å²) in [5, 5.41) is 17.3. The summed E-state index contributed by atoms with van der Waals surface area (Å²) >= 11 is 13.4. The quantitative estimate of drug-likeness (QED) is 0.630. The second-order valence-electron chi connectivity index (χ2n) is 5.59. The maximum atomic E-state index is 12.0. The van der Waals surface area contributed by atoms with Gasteiger partial charge in [0.25, 0.3) is 0 Å². The number of amides is 1. The molecule has 3 rings (SSSR count). The Hall–Kier alpha value is -1.18. The first kappa shape index (κ1) is 23.9. The Kier molecular flexibility index (Phi) is 11.6. The number of hydrogen-bond donors (Lipinski definition) is 3. The number of nitrogens with one attached hydrogen (secondary N) is 2. The minimum atomic E-state index is 0.0136. The van der Waals surface area contributed by atoms with Gasteiger partial charge in [-0.2, -0.15) is 0 Å².